The molecular formula is C16H30N2O9. The highest BCUT2D eigenvalue weighted by atomic mass is 16.6. The summed E-state index contributed by atoms with van der Waals surface area (Å²) in [5.41, 5.74) is 5.36. The second-order valence-electron chi connectivity index (χ2n) is 6.51. The zero-order valence-electron chi connectivity index (χ0n) is 15.1. The summed E-state index contributed by atoms with van der Waals surface area (Å²) in [5, 5.41) is 49.5. The van der Waals surface area contributed by atoms with Gasteiger partial charge in [-0.15, -0.1) is 0 Å². The number of hydrogen-bond donors (Lipinski definition) is 7. The van der Waals surface area contributed by atoms with Gasteiger partial charge < -0.3 is 46.1 Å². The van der Waals surface area contributed by atoms with E-state index in [4.69, 9.17) is 25.4 Å². The average Bonchev–Trinajstić information content (AvgIpc) is 2.64. The number of aliphatic carboxylic acids is 1. The number of amides is 1. The summed E-state index contributed by atoms with van der Waals surface area (Å²) in [7, 11) is 0. The Morgan fingerprint density at radius 3 is 2.37 bits per heavy atom. The first kappa shape index (κ1) is 23.5. The van der Waals surface area contributed by atoms with Crippen LogP contribution in [0, 0.1) is 0 Å². The number of carboxylic acid groups (broad SMARTS) is 1. The molecular weight excluding hydrogens is 364 g/mol. The smallest absolute Gasteiger partial charge is 0.407 e. The number of rotatable bonds is 11. The fraction of sp³-hybridized carbons (Fsp3) is 0.875. The van der Waals surface area contributed by atoms with Gasteiger partial charge in [0, 0.05) is 6.54 Å². The molecule has 27 heavy (non-hydrogen) atoms. The monoisotopic (exact) mass is 394 g/mol. The van der Waals surface area contributed by atoms with Crippen LogP contribution in [0.3, 0.4) is 0 Å². The Morgan fingerprint density at radius 1 is 1.07 bits per heavy atom. The van der Waals surface area contributed by atoms with Crippen LogP contribution in [0.15, 0.2) is 0 Å². The average molecular weight is 394 g/mol. The van der Waals surface area contributed by atoms with Gasteiger partial charge in [-0.3, -0.25) is 4.79 Å². The Bertz CT molecular complexity index is 463. The first-order valence-corrected chi connectivity index (χ1v) is 8.97. The predicted octanol–water partition coefficient (Wildman–Crippen LogP) is -2.08. The fourth-order valence-electron chi connectivity index (χ4n) is 2.72. The van der Waals surface area contributed by atoms with Crippen molar-refractivity contribution in [1.82, 2.24) is 5.32 Å². The molecule has 0 bridgehead atoms. The van der Waals surface area contributed by atoms with Crippen molar-refractivity contribution in [2.75, 3.05) is 19.8 Å². The number of hydrogen-bond acceptors (Lipinski definition) is 9. The third-order valence-electron chi connectivity index (χ3n) is 4.39. The van der Waals surface area contributed by atoms with Crippen molar-refractivity contribution in [2.45, 2.75) is 68.7 Å². The molecule has 1 fully saturated rings. The molecule has 11 nitrogen and oxygen atoms in total. The van der Waals surface area contributed by atoms with Crippen LogP contribution in [-0.2, 0) is 14.3 Å². The normalized spacial score (nSPS) is 29.1. The van der Waals surface area contributed by atoms with Crippen molar-refractivity contribution in [2.24, 2.45) is 5.73 Å². The Labute approximate surface area is 157 Å². The fourth-order valence-corrected chi connectivity index (χ4v) is 2.72. The van der Waals surface area contributed by atoms with Gasteiger partial charge in [-0.2, -0.15) is 0 Å². The molecule has 11 heteroatoms. The molecule has 5 unspecified atom stereocenters. The van der Waals surface area contributed by atoms with Crippen molar-refractivity contribution in [1.29, 1.82) is 0 Å². The van der Waals surface area contributed by atoms with E-state index < -0.39 is 55.2 Å². The van der Waals surface area contributed by atoms with Crippen LogP contribution >= 0.6 is 0 Å². The number of nitrogens with one attached hydrogen (secondary N) is 1. The van der Waals surface area contributed by atoms with E-state index in [1.165, 1.54) is 0 Å². The van der Waals surface area contributed by atoms with Crippen LogP contribution in [0.25, 0.3) is 0 Å². The summed E-state index contributed by atoms with van der Waals surface area (Å²) in [5.74, 6) is -1.05. The lowest BCUT2D eigenvalue weighted by Crippen LogP contribution is -2.58. The van der Waals surface area contributed by atoms with E-state index >= 15 is 0 Å². The number of unbranched alkanes of at least 4 members (excludes halogenated alkanes) is 1. The molecule has 0 aromatic rings. The molecule has 0 saturated carbocycles. The van der Waals surface area contributed by atoms with Crippen molar-refractivity contribution >= 4 is 12.1 Å². The largest absolute Gasteiger partial charge is 0.480 e. The maximum absolute atomic E-state index is 11.5. The maximum Gasteiger partial charge on any atom is 0.407 e. The summed E-state index contributed by atoms with van der Waals surface area (Å²) >= 11 is 0. The third kappa shape index (κ3) is 7.95. The minimum Gasteiger partial charge on any atom is -0.480 e. The number of nitrogens with two attached hydrogens (primary N) is 1. The van der Waals surface area contributed by atoms with E-state index in [9.17, 15) is 24.9 Å². The van der Waals surface area contributed by atoms with Gasteiger partial charge in [0.05, 0.1) is 19.3 Å². The number of aliphatic hydroxyl groups is 4. The first-order valence-electron chi connectivity index (χ1n) is 8.97. The Hall–Kier alpha value is -1.50. The van der Waals surface area contributed by atoms with Gasteiger partial charge in [0.1, 0.15) is 30.5 Å². The highest BCUT2D eigenvalue weighted by Crippen LogP contribution is 2.23. The van der Waals surface area contributed by atoms with Crippen LogP contribution in [0.4, 0.5) is 4.79 Å². The van der Waals surface area contributed by atoms with Gasteiger partial charge in [0.2, 0.25) is 0 Å². The van der Waals surface area contributed by atoms with E-state index in [0.717, 1.165) is 0 Å². The number of carbonyl (C=O) groups is 2. The predicted molar refractivity (Wildman–Crippen MR) is 91.8 cm³/mol. The van der Waals surface area contributed by atoms with E-state index in [0.29, 0.717) is 32.2 Å². The lowest BCUT2D eigenvalue weighted by Gasteiger charge is -2.40. The van der Waals surface area contributed by atoms with Crippen LogP contribution in [0.1, 0.15) is 32.1 Å². The summed E-state index contributed by atoms with van der Waals surface area (Å²) in [6.07, 6.45) is -4.40. The molecule has 0 spiro atoms. The van der Waals surface area contributed by atoms with Crippen molar-refractivity contribution in [3.05, 3.63) is 0 Å². The lowest BCUT2D eigenvalue weighted by molar-refractivity contribution is -0.230. The van der Waals surface area contributed by atoms with Crippen LogP contribution in [0.2, 0.25) is 0 Å². The zero-order valence-corrected chi connectivity index (χ0v) is 15.1. The molecule has 0 aromatic heterocycles. The van der Waals surface area contributed by atoms with E-state index in [2.05, 4.69) is 5.32 Å². The second kappa shape index (κ2) is 12.1. The molecule has 1 aliphatic heterocycles. The Kier molecular flexibility index (Phi) is 10.5. The minimum atomic E-state index is -1.42. The molecule has 1 amide bonds. The quantitative estimate of drug-likeness (QED) is 0.191. The number of aliphatic hydroxyl groups excluding tert-OH is 4. The molecule has 1 aliphatic rings. The molecule has 158 valence electrons. The highest BCUT2D eigenvalue weighted by molar-refractivity contribution is 5.72. The molecule has 0 aromatic carbocycles. The van der Waals surface area contributed by atoms with Crippen molar-refractivity contribution < 1.29 is 44.6 Å². The van der Waals surface area contributed by atoms with Gasteiger partial charge in [0.15, 0.2) is 0 Å². The Morgan fingerprint density at radius 2 is 1.74 bits per heavy atom. The van der Waals surface area contributed by atoms with Gasteiger partial charge >= 0.3 is 12.1 Å². The van der Waals surface area contributed by atoms with Gasteiger partial charge in [-0.1, -0.05) is 0 Å². The molecule has 0 aliphatic carbocycles. The van der Waals surface area contributed by atoms with Crippen LogP contribution in [-0.4, -0.2) is 93.9 Å². The Balaban J connectivity index is 2.13. The number of alkyl carbamates (subject to hydrolysis) is 1. The third-order valence-corrected chi connectivity index (χ3v) is 4.39. The summed E-state index contributed by atoms with van der Waals surface area (Å²) in [4.78, 5) is 22.1. The number of carbonyl (C=O) groups excluding carboxylic acids is 1. The zero-order chi connectivity index (χ0) is 20.4. The first-order chi connectivity index (χ1) is 12.8. The van der Waals surface area contributed by atoms with E-state index in [1.54, 1.807) is 0 Å². The summed E-state index contributed by atoms with van der Waals surface area (Å²) < 4.78 is 10.3. The van der Waals surface area contributed by atoms with E-state index in [-0.39, 0.29) is 13.0 Å². The standard InChI is InChI=1S/C16H30N2O9/c17-9(15(23)24)4-1-2-6-18-16(25)26-7-3-5-10-12(20)14(22)13(21)11(8-19)27-10/h9-14,19-22H,1-8,17H2,(H,18,25)(H,23,24)/t9?,10-,11?,12?,13?,14?/m0/s1. The van der Waals surface area contributed by atoms with Crippen LogP contribution < -0.4 is 11.1 Å². The maximum atomic E-state index is 11.5. The van der Waals surface area contributed by atoms with Gasteiger partial charge in [-0.25, -0.2) is 4.79 Å². The van der Waals surface area contributed by atoms with Gasteiger partial charge in [0.25, 0.3) is 0 Å². The SMILES string of the molecule is NC(CCCCNC(=O)OCCC[C@@H]1OC(CO)C(O)C(O)C1O)C(=O)O. The number of ether oxygens (including phenoxy) is 2. The molecule has 8 N–H and O–H groups in total. The second-order valence-corrected chi connectivity index (χ2v) is 6.51. The van der Waals surface area contributed by atoms with Crippen molar-refractivity contribution in [3.8, 4) is 0 Å². The number of carboxylic acids is 1. The molecule has 1 heterocycles. The molecule has 0 radical (unpaired) electrons. The van der Waals surface area contributed by atoms with Crippen molar-refractivity contribution in [3.63, 3.8) is 0 Å². The topological polar surface area (TPSA) is 192 Å². The van der Waals surface area contributed by atoms with E-state index in [1.807, 2.05) is 0 Å². The highest BCUT2D eigenvalue weighted by Gasteiger charge is 2.42. The molecule has 6 atom stereocenters. The lowest BCUT2D eigenvalue weighted by atomic mass is 9.93. The summed E-state index contributed by atoms with van der Waals surface area (Å²) in [6.45, 7) is -0.0969. The summed E-state index contributed by atoms with van der Waals surface area (Å²) in [6, 6.07) is -0.903. The van der Waals surface area contributed by atoms with Gasteiger partial charge in [-0.05, 0) is 32.1 Å². The molecule has 1 saturated heterocycles. The molecule has 1 rings (SSSR count). The van der Waals surface area contributed by atoms with Crippen LogP contribution in [0.5, 0.6) is 0 Å². The minimum absolute atomic E-state index is 0.0603.